The third kappa shape index (κ3) is 4.64. The third-order valence-corrected chi connectivity index (χ3v) is 12.4. The fraction of sp³-hybridized carbons (Fsp3) is 0. The Labute approximate surface area is 338 Å². The highest BCUT2D eigenvalue weighted by molar-refractivity contribution is 6.27. The zero-order valence-electron chi connectivity index (χ0n) is 31.8. The van der Waals surface area contributed by atoms with Crippen LogP contribution in [0.2, 0.25) is 0 Å². The van der Waals surface area contributed by atoms with Gasteiger partial charge in [-0.3, -0.25) is 0 Å². The molecule has 0 aliphatic heterocycles. The lowest BCUT2D eigenvalue weighted by Gasteiger charge is -2.18. The third-order valence-electron chi connectivity index (χ3n) is 12.4. The monoisotopic (exact) mass is 751 g/mol. The number of aromatic nitrogens is 1. The van der Waals surface area contributed by atoms with E-state index in [0.717, 1.165) is 55.3 Å². The first-order valence-corrected chi connectivity index (χ1v) is 20.2. The van der Waals surface area contributed by atoms with Gasteiger partial charge < -0.3 is 13.4 Å². The molecule has 0 unspecified atom stereocenters. The van der Waals surface area contributed by atoms with Gasteiger partial charge in [-0.15, -0.1) is 0 Å². The molecule has 0 N–H and O–H groups in total. The van der Waals surface area contributed by atoms with E-state index >= 15 is 0 Å². The molecule has 0 aliphatic carbocycles. The highest BCUT2D eigenvalue weighted by Crippen LogP contribution is 2.48. The second-order valence-electron chi connectivity index (χ2n) is 15.6. The van der Waals surface area contributed by atoms with Gasteiger partial charge in [-0.2, -0.15) is 0 Å². The second kappa shape index (κ2) is 12.3. The largest absolute Gasteiger partial charge is 0.460 e. The molecule has 3 aromatic heterocycles. The summed E-state index contributed by atoms with van der Waals surface area (Å²) in [5.41, 5.74) is 12.9. The molecule has 3 heterocycles. The van der Waals surface area contributed by atoms with Crippen LogP contribution in [0.15, 0.2) is 209 Å². The highest BCUT2D eigenvalue weighted by Gasteiger charge is 2.23. The number of hydrogen-bond acceptors (Lipinski definition) is 2. The van der Waals surface area contributed by atoms with E-state index in [1.165, 1.54) is 70.8 Å². The van der Waals surface area contributed by atoms with Gasteiger partial charge in [-0.25, -0.2) is 0 Å². The Hall–Kier alpha value is -7.88. The summed E-state index contributed by atoms with van der Waals surface area (Å²) < 4.78 is 15.5. The normalized spacial score (nSPS) is 12.1. The molecule has 0 bridgehead atoms. The Morgan fingerprint density at radius 2 is 0.983 bits per heavy atom. The summed E-state index contributed by atoms with van der Waals surface area (Å²) in [5.74, 6) is 0. The minimum absolute atomic E-state index is 0.770. The number of fused-ring (bicyclic) bond motifs is 11. The van der Waals surface area contributed by atoms with E-state index in [2.05, 4.69) is 199 Å². The molecule has 10 aromatic carbocycles. The molecule has 274 valence electrons. The van der Waals surface area contributed by atoms with Gasteiger partial charge in [-0.05, 0) is 115 Å². The molecular formula is C56H33NO2. The lowest BCUT2D eigenvalue weighted by atomic mass is 9.85. The fourth-order valence-electron chi connectivity index (χ4n) is 9.87. The van der Waals surface area contributed by atoms with Gasteiger partial charge in [0.25, 0.3) is 0 Å². The SMILES string of the molecule is c1ccc(-n2c3ccccc3c3c(-c4c5ccccc5c(-c5ccc6c(c5)oc5c6ccc6c(-c7ccc8ccccc8c7)coc65)c5ccccc45)cccc32)cc1. The van der Waals surface area contributed by atoms with Gasteiger partial charge >= 0.3 is 0 Å². The van der Waals surface area contributed by atoms with E-state index in [1.807, 2.05) is 6.26 Å². The number of hydrogen-bond donors (Lipinski definition) is 0. The van der Waals surface area contributed by atoms with Crippen molar-refractivity contribution >= 4 is 87.0 Å². The maximum Gasteiger partial charge on any atom is 0.178 e. The van der Waals surface area contributed by atoms with E-state index in [4.69, 9.17) is 8.83 Å². The second-order valence-corrected chi connectivity index (χ2v) is 15.6. The van der Waals surface area contributed by atoms with Gasteiger partial charge in [0.2, 0.25) is 0 Å². The molecule has 0 atom stereocenters. The zero-order valence-corrected chi connectivity index (χ0v) is 31.8. The molecule has 0 spiro atoms. The first kappa shape index (κ1) is 32.2. The number of para-hydroxylation sites is 2. The maximum absolute atomic E-state index is 6.80. The van der Waals surface area contributed by atoms with Gasteiger partial charge in [-0.1, -0.05) is 140 Å². The molecule has 13 aromatic rings. The fourth-order valence-corrected chi connectivity index (χ4v) is 9.87. The predicted octanol–water partition coefficient (Wildman–Crippen LogP) is 15.9. The van der Waals surface area contributed by atoms with Crippen molar-refractivity contribution in [3.63, 3.8) is 0 Å². The first-order valence-electron chi connectivity index (χ1n) is 20.2. The molecular weight excluding hydrogens is 719 g/mol. The Balaban J connectivity index is 1.03. The number of benzene rings is 10. The van der Waals surface area contributed by atoms with Gasteiger partial charge in [0, 0.05) is 38.2 Å². The smallest absolute Gasteiger partial charge is 0.178 e. The summed E-state index contributed by atoms with van der Waals surface area (Å²) in [5, 5.41) is 12.9. The van der Waals surface area contributed by atoms with Crippen molar-refractivity contribution in [2.45, 2.75) is 0 Å². The minimum Gasteiger partial charge on any atom is -0.460 e. The topological polar surface area (TPSA) is 31.2 Å². The van der Waals surface area contributed by atoms with Gasteiger partial charge in [0.1, 0.15) is 5.58 Å². The van der Waals surface area contributed by atoms with Crippen molar-refractivity contribution in [1.82, 2.24) is 4.57 Å². The summed E-state index contributed by atoms with van der Waals surface area (Å²) in [4.78, 5) is 0. The van der Waals surface area contributed by atoms with Crippen molar-refractivity contribution in [2.24, 2.45) is 0 Å². The van der Waals surface area contributed by atoms with E-state index in [1.54, 1.807) is 0 Å². The van der Waals surface area contributed by atoms with Crippen LogP contribution in [0.4, 0.5) is 0 Å². The van der Waals surface area contributed by atoms with Crippen LogP contribution in [0.3, 0.4) is 0 Å². The van der Waals surface area contributed by atoms with Crippen LogP contribution < -0.4 is 0 Å². The molecule has 0 saturated heterocycles. The van der Waals surface area contributed by atoms with E-state index in [9.17, 15) is 0 Å². The van der Waals surface area contributed by atoms with Crippen LogP contribution in [-0.2, 0) is 0 Å². The Morgan fingerprint density at radius 3 is 1.78 bits per heavy atom. The van der Waals surface area contributed by atoms with E-state index in [0.29, 0.717) is 0 Å². The summed E-state index contributed by atoms with van der Waals surface area (Å²) >= 11 is 0. The molecule has 59 heavy (non-hydrogen) atoms. The van der Waals surface area contributed by atoms with E-state index in [-0.39, 0.29) is 0 Å². The molecule has 3 heteroatoms. The Kier molecular flexibility index (Phi) is 6.72. The summed E-state index contributed by atoms with van der Waals surface area (Å²) in [7, 11) is 0. The van der Waals surface area contributed by atoms with E-state index < -0.39 is 0 Å². The number of furan rings is 2. The molecule has 0 fully saturated rings. The van der Waals surface area contributed by atoms with Crippen molar-refractivity contribution in [3.8, 4) is 39.1 Å². The van der Waals surface area contributed by atoms with Crippen LogP contribution >= 0.6 is 0 Å². The van der Waals surface area contributed by atoms with Crippen LogP contribution in [0.5, 0.6) is 0 Å². The molecule has 3 nitrogen and oxygen atoms in total. The highest BCUT2D eigenvalue weighted by atomic mass is 16.4. The molecule has 0 aliphatic rings. The van der Waals surface area contributed by atoms with Crippen LogP contribution in [0, 0.1) is 0 Å². The number of rotatable bonds is 4. The zero-order chi connectivity index (χ0) is 38.6. The number of nitrogens with zero attached hydrogens (tertiary/aromatic N) is 1. The molecule has 13 rings (SSSR count). The van der Waals surface area contributed by atoms with Crippen molar-refractivity contribution in [3.05, 3.63) is 200 Å². The quantitative estimate of drug-likeness (QED) is 0.168. The Bertz CT molecular complexity index is 3790. The average Bonchev–Trinajstić information content (AvgIpc) is 4.00. The molecule has 0 amide bonds. The molecule has 0 saturated carbocycles. The summed E-state index contributed by atoms with van der Waals surface area (Å²) in [6.07, 6.45) is 1.87. The van der Waals surface area contributed by atoms with Crippen LogP contribution in [-0.4, -0.2) is 4.57 Å². The van der Waals surface area contributed by atoms with Crippen molar-refractivity contribution in [1.29, 1.82) is 0 Å². The van der Waals surface area contributed by atoms with Crippen molar-refractivity contribution in [2.75, 3.05) is 0 Å². The maximum atomic E-state index is 6.80. The Morgan fingerprint density at radius 1 is 0.356 bits per heavy atom. The van der Waals surface area contributed by atoms with Crippen molar-refractivity contribution < 1.29 is 8.83 Å². The summed E-state index contributed by atoms with van der Waals surface area (Å²) in [6.45, 7) is 0. The van der Waals surface area contributed by atoms with Gasteiger partial charge in [0.15, 0.2) is 11.2 Å². The lowest BCUT2D eigenvalue weighted by molar-refractivity contribution is 0.600. The summed E-state index contributed by atoms with van der Waals surface area (Å²) in [6, 6.07) is 70.1. The average molecular weight is 752 g/mol. The molecule has 0 radical (unpaired) electrons. The van der Waals surface area contributed by atoms with Gasteiger partial charge in [0.05, 0.1) is 17.3 Å². The minimum atomic E-state index is 0.770. The lowest BCUT2D eigenvalue weighted by Crippen LogP contribution is -1.93. The first-order chi connectivity index (χ1) is 29.3. The van der Waals surface area contributed by atoms with Crippen LogP contribution in [0.1, 0.15) is 0 Å². The standard InChI is InChI=1S/C56H33NO2/c1-2-15-38(16-3-1)57-49-23-11-10-21-46(49)54-47(22-12-24-50(54)57)53-42-19-8-6-17-40(42)52(41-18-7-9-20-43(41)53)37-27-28-39-44-29-30-45-48(33-58-55(45)56(44)59-51(39)32-37)36-26-25-34-13-4-5-14-35(34)31-36/h1-33H. The predicted molar refractivity (Wildman–Crippen MR) is 247 cm³/mol. The van der Waals surface area contributed by atoms with Crippen LogP contribution in [0.25, 0.3) is 126 Å².